The third kappa shape index (κ3) is 2.20. The molecule has 5 heteroatoms. The molecule has 0 aliphatic heterocycles. The van der Waals surface area contributed by atoms with Gasteiger partial charge >= 0.3 is 0 Å². The number of rotatable bonds is 1. The number of thioether (sulfide) groups is 1. The van der Waals surface area contributed by atoms with Crippen LogP contribution in [0.3, 0.4) is 0 Å². The van der Waals surface area contributed by atoms with Crippen molar-refractivity contribution in [3.63, 3.8) is 0 Å². The van der Waals surface area contributed by atoms with E-state index in [9.17, 15) is 0 Å². The quantitative estimate of drug-likeness (QED) is 0.387. The topological polar surface area (TPSA) is 75.7 Å². The van der Waals surface area contributed by atoms with Gasteiger partial charge in [-0.15, -0.1) is 0 Å². The van der Waals surface area contributed by atoms with Gasteiger partial charge in [0.15, 0.2) is 5.17 Å². The van der Waals surface area contributed by atoms with Crippen molar-refractivity contribution >= 4 is 16.9 Å². The minimum Gasteiger partial charge on any atom is -0.378 e. The molecule has 0 radical (unpaired) electrons. The summed E-state index contributed by atoms with van der Waals surface area (Å²) >= 11 is 1.13. The molecule has 0 bridgehead atoms. The van der Waals surface area contributed by atoms with E-state index in [2.05, 4.69) is 9.97 Å². The normalized spacial score (nSPS) is 9.83. The van der Waals surface area contributed by atoms with Crippen LogP contribution in [-0.4, -0.2) is 15.1 Å². The third-order valence-electron chi connectivity index (χ3n) is 1.24. The molecule has 0 unspecified atom stereocenters. The zero-order valence-corrected chi connectivity index (χ0v) is 7.77. The lowest BCUT2D eigenvalue weighted by Gasteiger charge is -2.01. The second-order valence-corrected chi connectivity index (χ2v) is 3.40. The van der Waals surface area contributed by atoms with Crippen LogP contribution in [0.25, 0.3) is 0 Å². The number of hydrogen-bond donors (Lipinski definition) is 2. The summed E-state index contributed by atoms with van der Waals surface area (Å²) < 4.78 is 0. The number of nitrogens with two attached hydrogens (primary N) is 1. The largest absolute Gasteiger partial charge is 0.378 e. The molecule has 0 atom stereocenters. The molecule has 0 aliphatic carbocycles. The van der Waals surface area contributed by atoms with Gasteiger partial charge in [-0.2, -0.15) is 0 Å². The van der Waals surface area contributed by atoms with Gasteiger partial charge in [-0.3, -0.25) is 10.4 Å². The Hall–Kier alpha value is -1.10. The lowest BCUT2D eigenvalue weighted by molar-refractivity contribution is 0.949. The van der Waals surface area contributed by atoms with Crippen LogP contribution < -0.4 is 5.73 Å². The second-order valence-electron chi connectivity index (χ2n) is 2.37. The highest BCUT2D eigenvalue weighted by Gasteiger charge is 2.03. The Bertz CT molecular complexity index is 310. The Morgan fingerprint density at radius 1 is 1.58 bits per heavy atom. The van der Waals surface area contributed by atoms with Crippen LogP contribution in [0, 0.1) is 19.3 Å². The van der Waals surface area contributed by atoms with E-state index in [1.807, 2.05) is 13.8 Å². The number of aryl methyl sites for hydroxylation is 2. The summed E-state index contributed by atoms with van der Waals surface area (Å²) in [6.45, 7) is 3.70. The number of aromatic nitrogens is 2. The average molecular weight is 182 g/mol. The maximum atomic E-state index is 7.07. The molecule has 1 rings (SSSR count). The Labute approximate surface area is 75.1 Å². The molecular weight excluding hydrogens is 172 g/mol. The van der Waals surface area contributed by atoms with Gasteiger partial charge in [0.2, 0.25) is 0 Å². The van der Waals surface area contributed by atoms with Gasteiger partial charge in [-0.1, -0.05) is 0 Å². The van der Waals surface area contributed by atoms with Gasteiger partial charge in [0.05, 0.1) is 11.4 Å². The lowest BCUT2D eigenvalue weighted by atomic mass is 10.4. The number of nitrogens with zero attached hydrogens (tertiary/aromatic N) is 2. The Morgan fingerprint density at radius 3 is 2.83 bits per heavy atom. The summed E-state index contributed by atoms with van der Waals surface area (Å²) in [6, 6.07) is 0. The lowest BCUT2D eigenvalue weighted by Crippen LogP contribution is -2.05. The van der Waals surface area contributed by atoms with Crippen molar-refractivity contribution < 1.29 is 0 Å². The molecule has 0 spiro atoms. The smallest absolute Gasteiger partial charge is 0.157 e. The van der Waals surface area contributed by atoms with Crippen molar-refractivity contribution in [2.45, 2.75) is 18.9 Å². The molecular formula is C7H10N4S. The fourth-order valence-electron chi connectivity index (χ4n) is 0.716. The van der Waals surface area contributed by atoms with E-state index < -0.39 is 0 Å². The summed E-state index contributed by atoms with van der Waals surface area (Å²) in [4.78, 5) is 8.29. The van der Waals surface area contributed by atoms with Crippen molar-refractivity contribution in [1.29, 1.82) is 5.41 Å². The third-order valence-corrected chi connectivity index (χ3v) is 2.04. The fourth-order valence-corrected chi connectivity index (χ4v) is 1.31. The summed E-state index contributed by atoms with van der Waals surface area (Å²) in [7, 11) is 0. The van der Waals surface area contributed by atoms with Gasteiger partial charge in [0.25, 0.3) is 0 Å². The highest BCUT2D eigenvalue weighted by molar-refractivity contribution is 8.13. The Balaban J connectivity index is 2.97. The van der Waals surface area contributed by atoms with Gasteiger partial charge < -0.3 is 5.73 Å². The van der Waals surface area contributed by atoms with Gasteiger partial charge in [0, 0.05) is 6.20 Å². The molecule has 3 N–H and O–H groups in total. The molecule has 0 saturated heterocycles. The predicted octanol–water partition coefficient (Wildman–Crippen LogP) is 1.08. The Kier molecular flexibility index (Phi) is 2.65. The molecule has 0 aromatic carbocycles. The van der Waals surface area contributed by atoms with Gasteiger partial charge in [0.1, 0.15) is 5.03 Å². The van der Waals surface area contributed by atoms with Crippen molar-refractivity contribution in [2.24, 2.45) is 5.73 Å². The fraction of sp³-hybridized carbons (Fsp3) is 0.286. The van der Waals surface area contributed by atoms with Crippen LogP contribution in [0.15, 0.2) is 11.2 Å². The van der Waals surface area contributed by atoms with Crippen molar-refractivity contribution in [3.8, 4) is 0 Å². The van der Waals surface area contributed by atoms with Gasteiger partial charge in [-0.25, -0.2) is 4.98 Å². The average Bonchev–Trinajstić information content (AvgIpc) is 1.96. The maximum Gasteiger partial charge on any atom is 0.157 e. The molecule has 1 aromatic heterocycles. The molecule has 1 heterocycles. The summed E-state index contributed by atoms with van der Waals surface area (Å²) in [5.41, 5.74) is 6.87. The molecule has 4 nitrogen and oxygen atoms in total. The molecule has 1 aromatic rings. The highest BCUT2D eigenvalue weighted by Crippen LogP contribution is 2.17. The maximum absolute atomic E-state index is 7.07. The Morgan fingerprint density at radius 2 is 2.25 bits per heavy atom. The minimum atomic E-state index is 0.0398. The van der Waals surface area contributed by atoms with Crippen molar-refractivity contribution in [1.82, 2.24) is 9.97 Å². The standard InChI is InChI=1S/C7H10N4S/c1-4-3-10-5(2)6(11-4)12-7(8)9/h3H,1-2H3,(H3,8,9). The number of amidine groups is 1. The molecule has 0 fully saturated rings. The molecule has 12 heavy (non-hydrogen) atoms. The van der Waals surface area contributed by atoms with Crippen LogP contribution in [0.5, 0.6) is 0 Å². The summed E-state index contributed by atoms with van der Waals surface area (Å²) in [6.07, 6.45) is 1.69. The monoisotopic (exact) mass is 182 g/mol. The first-order valence-corrected chi connectivity index (χ1v) is 4.23. The van der Waals surface area contributed by atoms with E-state index in [4.69, 9.17) is 11.1 Å². The highest BCUT2D eigenvalue weighted by atomic mass is 32.2. The van der Waals surface area contributed by atoms with E-state index in [-0.39, 0.29) is 5.17 Å². The molecule has 0 aliphatic rings. The van der Waals surface area contributed by atoms with E-state index in [0.29, 0.717) is 5.03 Å². The van der Waals surface area contributed by atoms with Crippen LogP contribution >= 0.6 is 11.8 Å². The van der Waals surface area contributed by atoms with Crippen LogP contribution in [0.4, 0.5) is 0 Å². The van der Waals surface area contributed by atoms with E-state index >= 15 is 0 Å². The summed E-state index contributed by atoms with van der Waals surface area (Å²) in [5, 5.41) is 7.82. The van der Waals surface area contributed by atoms with Crippen molar-refractivity contribution in [2.75, 3.05) is 0 Å². The number of hydrogen-bond acceptors (Lipinski definition) is 4. The van der Waals surface area contributed by atoms with Crippen LogP contribution in [0.2, 0.25) is 0 Å². The second kappa shape index (κ2) is 3.53. The molecule has 0 amide bonds. The SMILES string of the molecule is Cc1cnc(C)c(SC(=N)N)n1. The zero-order chi connectivity index (χ0) is 9.14. The van der Waals surface area contributed by atoms with Gasteiger partial charge in [-0.05, 0) is 25.6 Å². The first kappa shape index (κ1) is 8.99. The summed E-state index contributed by atoms with van der Waals surface area (Å²) in [5.74, 6) is 0. The first-order valence-electron chi connectivity index (χ1n) is 3.41. The van der Waals surface area contributed by atoms with Crippen LogP contribution in [0.1, 0.15) is 11.4 Å². The molecule has 0 saturated carbocycles. The minimum absolute atomic E-state index is 0.0398. The van der Waals surface area contributed by atoms with Crippen molar-refractivity contribution in [3.05, 3.63) is 17.6 Å². The molecule has 64 valence electrons. The first-order chi connectivity index (χ1) is 5.59. The number of nitrogens with one attached hydrogen (secondary N) is 1. The van der Waals surface area contributed by atoms with Crippen LogP contribution in [-0.2, 0) is 0 Å². The predicted molar refractivity (Wildman–Crippen MR) is 49.3 cm³/mol. The zero-order valence-electron chi connectivity index (χ0n) is 6.96. The van der Waals surface area contributed by atoms with E-state index in [0.717, 1.165) is 23.1 Å². The van der Waals surface area contributed by atoms with E-state index in [1.165, 1.54) is 0 Å². The van der Waals surface area contributed by atoms with E-state index in [1.54, 1.807) is 6.20 Å².